The number of hydrogen-bond acceptors (Lipinski definition) is 6. The van der Waals surface area contributed by atoms with Gasteiger partial charge in [-0.3, -0.25) is 5.32 Å². The van der Waals surface area contributed by atoms with Gasteiger partial charge >= 0.3 is 12.4 Å². The number of benzene rings is 1. The van der Waals surface area contributed by atoms with Crippen LogP contribution in [-0.2, 0) is 10.0 Å². The number of nitrogens with one attached hydrogen (secondary N) is 2. The van der Waals surface area contributed by atoms with Crippen molar-refractivity contribution in [3.05, 3.63) is 40.7 Å². The summed E-state index contributed by atoms with van der Waals surface area (Å²) in [6.07, 6.45) is -5.03. The van der Waals surface area contributed by atoms with Gasteiger partial charge in [0.25, 0.3) is 10.0 Å². The third kappa shape index (κ3) is 5.96. The molecule has 2 rings (SSSR count). The Morgan fingerprint density at radius 2 is 1.74 bits per heavy atom. The van der Waals surface area contributed by atoms with E-state index in [1.54, 1.807) is 24.6 Å². The Hall–Kier alpha value is -2.60. The second kappa shape index (κ2) is 7.56. The highest BCUT2D eigenvalue weighted by atomic mass is 35.5. The molecule has 0 saturated carbocycles. The fourth-order valence-corrected chi connectivity index (χ4v) is 3.40. The van der Waals surface area contributed by atoms with Gasteiger partial charge in [-0.05, 0) is 32.0 Å². The summed E-state index contributed by atoms with van der Waals surface area (Å²) in [6, 6.07) is 2.67. The highest BCUT2D eigenvalue weighted by molar-refractivity contribution is 7.90. The van der Waals surface area contributed by atoms with Crippen LogP contribution in [0.5, 0.6) is 5.75 Å². The van der Waals surface area contributed by atoms with E-state index in [0.717, 1.165) is 12.1 Å². The van der Waals surface area contributed by atoms with Crippen LogP contribution in [0.1, 0.15) is 11.4 Å². The van der Waals surface area contributed by atoms with E-state index >= 15 is 0 Å². The summed E-state index contributed by atoms with van der Waals surface area (Å²) in [4.78, 5) is 18.9. The molecule has 1 heterocycles. The summed E-state index contributed by atoms with van der Waals surface area (Å²) < 4.78 is 66.7. The molecule has 1 aromatic heterocycles. The number of hydrogen-bond donors (Lipinski definition) is 2. The molecule has 8 nitrogen and oxygen atoms in total. The molecule has 27 heavy (non-hydrogen) atoms. The lowest BCUT2D eigenvalue weighted by Crippen LogP contribution is -2.35. The molecule has 13 heteroatoms. The fraction of sp³-hybridized carbons (Fsp3) is 0.214. The average Bonchev–Trinajstić information content (AvgIpc) is 2.45. The maximum Gasteiger partial charge on any atom is 0.573 e. The quantitative estimate of drug-likeness (QED) is 0.780. The molecule has 0 fully saturated rings. The molecular weight excluding hydrogens is 413 g/mol. The topological polar surface area (TPSA) is 110 Å². The maximum absolute atomic E-state index is 12.3. The minimum absolute atomic E-state index is 0.152. The largest absolute Gasteiger partial charge is 0.573 e. The van der Waals surface area contributed by atoms with Crippen LogP contribution < -0.4 is 14.8 Å². The number of carbonyl (C=O) groups excluding carboxylic acids is 1. The van der Waals surface area contributed by atoms with Crippen LogP contribution in [0.15, 0.2) is 29.2 Å². The predicted molar refractivity (Wildman–Crippen MR) is 89.0 cm³/mol. The lowest BCUT2D eigenvalue weighted by molar-refractivity contribution is -0.274. The van der Waals surface area contributed by atoms with Crippen molar-refractivity contribution in [2.75, 3.05) is 5.32 Å². The first-order valence-corrected chi connectivity index (χ1v) is 8.93. The number of rotatable bonds is 4. The molecule has 0 saturated heterocycles. The first-order valence-electron chi connectivity index (χ1n) is 7.07. The Kier molecular flexibility index (Phi) is 5.80. The van der Waals surface area contributed by atoms with E-state index in [1.807, 2.05) is 0 Å². The smallest absolute Gasteiger partial charge is 0.406 e. The van der Waals surface area contributed by atoms with Crippen LogP contribution in [-0.4, -0.2) is 30.8 Å². The minimum atomic E-state index is -5.03. The molecule has 0 spiro atoms. The SMILES string of the molecule is Cc1cc(C)nc(NC(=O)NS(=O)(=O)c2cc(OC(F)(F)F)ccc2Cl)n1. The third-order valence-electron chi connectivity index (χ3n) is 2.86. The van der Waals surface area contributed by atoms with Gasteiger partial charge in [-0.1, -0.05) is 11.6 Å². The minimum Gasteiger partial charge on any atom is -0.406 e. The molecule has 2 aromatic rings. The fourth-order valence-electron chi connectivity index (χ4n) is 1.97. The highest BCUT2D eigenvalue weighted by Crippen LogP contribution is 2.29. The molecule has 0 aliphatic heterocycles. The van der Waals surface area contributed by atoms with Crippen molar-refractivity contribution in [3.8, 4) is 5.75 Å². The summed E-state index contributed by atoms with van der Waals surface area (Å²) in [5, 5.41) is 1.71. The van der Waals surface area contributed by atoms with Crippen LogP contribution in [0.25, 0.3) is 0 Å². The van der Waals surface area contributed by atoms with Gasteiger partial charge in [-0.15, -0.1) is 13.2 Å². The number of carbonyl (C=O) groups is 1. The predicted octanol–water partition coefficient (Wildman–Crippen LogP) is 3.16. The van der Waals surface area contributed by atoms with Gasteiger partial charge < -0.3 is 4.74 Å². The van der Waals surface area contributed by atoms with Crippen molar-refractivity contribution < 1.29 is 31.1 Å². The van der Waals surface area contributed by atoms with Gasteiger partial charge in [-0.2, -0.15) is 0 Å². The average molecular weight is 425 g/mol. The summed E-state index contributed by atoms with van der Waals surface area (Å²) >= 11 is 5.72. The van der Waals surface area contributed by atoms with Gasteiger partial charge in [0.2, 0.25) is 5.95 Å². The molecule has 2 amide bonds. The number of halogens is 4. The zero-order chi connectivity index (χ0) is 20.4. The van der Waals surface area contributed by atoms with E-state index in [1.165, 1.54) is 0 Å². The molecule has 0 radical (unpaired) electrons. The second-order valence-electron chi connectivity index (χ2n) is 5.17. The molecular formula is C14H12ClF3N4O4S. The molecule has 0 atom stereocenters. The van der Waals surface area contributed by atoms with Crippen molar-refractivity contribution in [3.63, 3.8) is 0 Å². The van der Waals surface area contributed by atoms with Crippen LogP contribution in [0, 0.1) is 13.8 Å². The normalized spacial score (nSPS) is 11.8. The Bertz CT molecular complexity index is 963. The van der Waals surface area contributed by atoms with Crippen LogP contribution in [0.3, 0.4) is 0 Å². The van der Waals surface area contributed by atoms with E-state index < -0.39 is 38.1 Å². The molecule has 0 aliphatic carbocycles. The number of urea groups is 1. The Morgan fingerprint density at radius 3 is 2.30 bits per heavy atom. The number of aromatic nitrogens is 2. The van der Waals surface area contributed by atoms with E-state index in [-0.39, 0.29) is 5.95 Å². The number of nitrogens with zero attached hydrogens (tertiary/aromatic N) is 2. The summed E-state index contributed by atoms with van der Waals surface area (Å²) in [7, 11) is -4.61. The number of ether oxygens (including phenoxy) is 1. The number of aryl methyl sites for hydroxylation is 2. The Labute approximate surface area is 156 Å². The molecule has 0 bridgehead atoms. The van der Waals surface area contributed by atoms with Gasteiger partial charge in [0.05, 0.1) is 5.02 Å². The Balaban J connectivity index is 2.22. The van der Waals surface area contributed by atoms with E-state index in [9.17, 15) is 26.4 Å². The second-order valence-corrected chi connectivity index (χ2v) is 7.23. The van der Waals surface area contributed by atoms with Crippen molar-refractivity contribution in [2.45, 2.75) is 25.1 Å². The van der Waals surface area contributed by atoms with Crippen LogP contribution >= 0.6 is 11.6 Å². The number of alkyl halides is 3. The van der Waals surface area contributed by atoms with E-state index in [2.05, 4.69) is 20.0 Å². The zero-order valence-corrected chi connectivity index (χ0v) is 15.3. The van der Waals surface area contributed by atoms with E-state index in [4.69, 9.17) is 11.6 Å². The third-order valence-corrected chi connectivity index (χ3v) is 4.67. The summed E-state index contributed by atoms with van der Waals surface area (Å²) in [5.74, 6) is -0.967. The first kappa shape index (κ1) is 20.7. The monoisotopic (exact) mass is 424 g/mol. The van der Waals surface area contributed by atoms with Crippen LogP contribution in [0.4, 0.5) is 23.9 Å². The maximum atomic E-state index is 12.3. The lowest BCUT2D eigenvalue weighted by atomic mass is 10.3. The van der Waals surface area contributed by atoms with Gasteiger partial charge in [0, 0.05) is 17.5 Å². The van der Waals surface area contributed by atoms with Gasteiger partial charge in [0.15, 0.2) is 0 Å². The van der Waals surface area contributed by atoms with Crippen molar-refractivity contribution in [2.24, 2.45) is 0 Å². The van der Waals surface area contributed by atoms with Gasteiger partial charge in [0.1, 0.15) is 10.6 Å². The number of sulfonamides is 1. The van der Waals surface area contributed by atoms with Crippen molar-refractivity contribution >= 4 is 33.6 Å². The summed E-state index contributed by atoms with van der Waals surface area (Å²) in [6.45, 7) is 3.28. The molecule has 0 unspecified atom stereocenters. The molecule has 1 aromatic carbocycles. The first-order chi connectivity index (χ1) is 12.4. The van der Waals surface area contributed by atoms with Crippen LogP contribution in [0.2, 0.25) is 5.02 Å². The Morgan fingerprint density at radius 1 is 1.15 bits per heavy atom. The molecule has 0 aliphatic rings. The van der Waals surface area contributed by atoms with E-state index in [0.29, 0.717) is 17.5 Å². The zero-order valence-electron chi connectivity index (χ0n) is 13.8. The van der Waals surface area contributed by atoms with Crippen molar-refractivity contribution in [1.29, 1.82) is 0 Å². The highest BCUT2D eigenvalue weighted by Gasteiger charge is 2.32. The number of anilines is 1. The number of amides is 2. The molecule has 146 valence electrons. The standard InChI is InChI=1S/C14H12ClF3N4O4S/c1-7-5-8(2)20-12(19-7)21-13(23)22-27(24,25)11-6-9(3-4-10(11)15)26-14(16,17)18/h3-6H,1-2H3,(H2,19,20,21,22,23). The van der Waals surface area contributed by atoms with Crippen molar-refractivity contribution in [1.82, 2.24) is 14.7 Å². The van der Waals surface area contributed by atoms with Gasteiger partial charge in [-0.25, -0.2) is 27.9 Å². The summed E-state index contributed by atoms with van der Waals surface area (Å²) in [5.41, 5.74) is 1.06. The molecule has 2 N–H and O–H groups in total. The lowest BCUT2D eigenvalue weighted by Gasteiger charge is -2.12.